The van der Waals surface area contributed by atoms with Gasteiger partial charge in [-0.05, 0) is 81.5 Å². The van der Waals surface area contributed by atoms with Crippen molar-refractivity contribution in [3.63, 3.8) is 0 Å². The average molecular weight is 556 g/mol. The van der Waals surface area contributed by atoms with Crippen LogP contribution in [0.2, 0.25) is 0 Å². The number of esters is 1. The second-order valence-corrected chi connectivity index (χ2v) is 11.5. The van der Waals surface area contributed by atoms with Crippen LogP contribution in [0.3, 0.4) is 0 Å². The zero-order chi connectivity index (χ0) is 28.8. The molecular formula is C33H41N5O3. The van der Waals surface area contributed by atoms with Crippen molar-refractivity contribution < 1.29 is 14.3 Å². The molecule has 1 aliphatic carbocycles. The Kier molecular flexibility index (Phi) is 9.29. The van der Waals surface area contributed by atoms with E-state index in [4.69, 9.17) is 9.72 Å². The molecule has 0 bridgehead atoms. The van der Waals surface area contributed by atoms with E-state index in [0.29, 0.717) is 18.2 Å². The zero-order valence-corrected chi connectivity index (χ0v) is 24.4. The lowest BCUT2D eigenvalue weighted by Gasteiger charge is -2.21. The summed E-state index contributed by atoms with van der Waals surface area (Å²) in [6.45, 7) is 5.72. The number of nitrogens with zero attached hydrogens (tertiary/aromatic N) is 3. The second kappa shape index (κ2) is 13.3. The molecule has 1 amide bonds. The van der Waals surface area contributed by atoms with Crippen molar-refractivity contribution in [2.24, 2.45) is 11.8 Å². The summed E-state index contributed by atoms with van der Waals surface area (Å²) in [5.41, 5.74) is 6.66. The molecule has 41 heavy (non-hydrogen) atoms. The summed E-state index contributed by atoms with van der Waals surface area (Å²) in [4.78, 5) is 40.7. The number of anilines is 1. The molecule has 216 valence electrons. The van der Waals surface area contributed by atoms with Crippen LogP contribution in [0.25, 0.3) is 21.9 Å². The van der Waals surface area contributed by atoms with E-state index in [-0.39, 0.29) is 11.9 Å². The van der Waals surface area contributed by atoms with Crippen molar-refractivity contribution in [1.82, 2.24) is 19.9 Å². The molecule has 1 saturated carbocycles. The minimum absolute atomic E-state index is 0.192. The summed E-state index contributed by atoms with van der Waals surface area (Å²) in [5, 5.41) is 3.85. The largest absolute Gasteiger partial charge is 0.419 e. The summed E-state index contributed by atoms with van der Waals surface area (Å²) < 4.78 is 5.32. The normalized spacial score (nSPS) is 14.6. The van der Waals surface area contributed by atoms with E-state index in [1.807, 2.05) is 48.7 Å². The maximum atomic E-state index is 12.9. The molecule has 1 fully saturated rings. The van der Waals surface area contributed by atoms with Gasteiger partial charge in [0.15, 0.2) is 0 Å². The topological polar surface area (TPSA) is 100 Å². The van der Waals surface area contributed by atoms with Gasteiger partial charge in [0.25, 0.3) is 0 Å². The molecule has 4 aromatic rings. The van der Waals surface area contributed by atoms with Crippen molar-refractivity contribution in [2.75, 3.05) is 18.9 Å². The van der Waals surface area contributed by atoms with Crippen LogP contribution in [0, 0.1) is 18.8 Å². The molecular weight excluding hydrogens is 514 g/mol. The van der Waals surface area contributed by atoms with Crippen LogP contribution >= 0.6 is 0 Å². The molecule has 2 aromatic heterocycles. The summed E-state index contributed by atoms with van der Waals surface area (Å²) in [6.07, 6.45) is 9.13. The molecule has 0 radical (unpaired) electrons. The fraction of sp³-hybridized carbons (Fsp3) is 0.455. The second-order valence-electron chi connectivity index (χ2n) is 11.5. The Morgan fingerprint density at radius 2 is 1.93 bits per heavy atom. The van der Waals surface area contributed by atoms with Gasteiger partial charge in [0, 0.05) is 35.4 Å². The van der Waals surface area contributed by atoms with E-state index >= 15 is 0 Å². The Hall–Kier alpha value is -3.78. The first-order valence-corrected chi connectivity index (χ1v) is 14.9. The first-order valence-electron chi connectivity index (χ1n) is 14.9. The van der Waals surface area contributed by atoms with Crippen molar-refractivity contribution in [1.29, 1.82) is 0 Å². The number of ether oxygens (including phenoxy) is 1. The third kappa shape index (κ3) is 7.11. The van der Waals surface area contributed by atoms with Crippen LogP contribution in [0.4, 0.5) is 10.5 Å². The molecule has 8 heteroatoms. The van der Waals surface area contributed by atoms with Crippen LogP contribution in [0.1, 0.15) is 68.8 Å². The number of rotatable bonds is 11. The quantitative estimate of drug-likeness (QED) is 0.150. The van der Waals surface area contributed by atoms with Crippen LogP contribution in [0.5, 0.6) is 0 Å². The van der Waals surface area contributed by atoms with Gasteiger partial charge in [-0.1, -0.05) is 44.7 Å². The number of carbonyl (C=O) groups excluding carboxylic acids is 2. The number of amides is 1. The van der Waals surface area contributed by atoms with Gasteiger partial charge in [-0.2, -0.15) is 0 Å². The molecule has 0 spiro atoms. The van der Waals surface area contributed by atoms with Crippen molar-refractivity contribution in [3.8, 4) is 0 Å². The highest BCUT2D eigenvalue weighted by Gasteiger charge is 2.32. The van der Waals surface area contributed by atoms with Crippen molar-refractivity contribution in [2.45, 2.75) is 71.8 Å². The number of carbonyl (C=O) groups is 2. The molecule has 2 heterocycles. The Balaban J connectivity index is 1.21. The van der Waals surface area contributed by atoms with E-state index < -0.39 is 6.09 Å². The Morgan fingerprint density at radius 1 is 1.15 bits per heavy atom. The summed E-state index contributed by atoms with van der Waals surface area (Å²) >= 11 is 0. The lowest BCUT2D eigenvalue weighted by atomic mass is 9.87. The molecule has 1 aliphatic rings. The number of fused-ring (bicyclic) bond motifs is 2. The molecule has 1 unspecified atom stereocenters. The van der Waals surface area contributed by atoms with Gasteiger partial charge in [0.2, 0.25) is 0 Å². The van der Waals surface area contributed by atoms with Gasteiger partial charge in [0.05, 0.1) is 28.8 Å². The molecule has 8 nitrogen and oxygen atoms in total. The van der Waals surface area contributed by atoms with Crippen LogP contribution < -0.4 is 5.32 Å². The van der Waals surface area contributed by atoms with E-state index in [1.54, 1.807) is 0 Å². The maximum Gasteiger partial charge on any atom is 0.419 e. The van der Waals surface area contributed by atoms with Gasteiger partial charge in [-0.25, -0.2) is 9.78 Å². The highest BCUT2D eigenvalue weighted by molar-refractivity contribution is 5.96. The number of benzene rings is 2. The van der Waals surface area contributed by atoms with E-state index in [9.17, 15) is 9.59 Å². The highest BCUT2D eigenvalue weighted by atomic mass is 16.6. The van der Waals surface area contributed by atoms with Gasteiger partial charge in [0.1, 0.15) is 0 Å². The first kappa shape index (κ1) is 28.7. The SMILES string of the molecule is CCCCC(C(=O)OC(=O)Nc1ccc2[nH]c(C)c(CCN(C)Cc3cnc4ccccc4n3)c2c1)C1CCCC1. The lowest BCUT2D eigenvalue weighted by Crippen LogP contribution is -2.28. The van der Waals surface area contributed by atoms with Crippen LogP contribution in [0.15, 0.2) is 48.7 Å². The minimum atomic E-state index is -0.709. The lowest BCUT2D eigenvalue weighted by molar-refractivity contribution is -0.143. The Bertz CT molecular complexity index is 1510. The fourth-order valence-corrected chi connectivity index (χ4v) is 6.15. The van der Waals surface area contributed by atoms with Crippen molar-refractivity contribution >= 4 is 39.7 Å². The number of H-pyrrole nitrogens is 1. The Labute approximate surface area is 241 Å². The number of aryl methyl sites for hydroxylation is 1. The zero-order valence-electron chi connectivity index (χ0n) is 24.4. The number of aromatic amines is 1. The standard InChI is InChI=1S/C33H41N5O3/c1-4-5-12-27(23-10-6-7-11-23)32(39)41-33(40)37-24-15-16-29-28(19-24)26(22(2)35-29)17-18-38(3)21-25-20-34-30-13-8-9-14-31(30)36-25/h8-9,13-16,19-20,23,27,35H,4-7,10-12,17-18,21H2,1-3H3,(H,37,40). The third-order valence-corrected chi connectivity index (χ3v) is 8.37. The first-order chi connectivity index (χ1) is 19.9. The van der Waals surface area contributed by atoms with Gasteiger partial charge in [-0.15, -0.1) is 0 Å². The van der Waals surface area contributed by atoms with E-state index in [0.717, 1.165) is 91.2 Å². The predicted octanol–water partition coefficient (Wildman–Crippen LogP) is 7.17. The molecule has 1 atom stereocenters. The summed E-state index contributed by atoms with van der Waals surface area (Å²) in [5.74, 6) is -0.251. The number of unbranched alkanes of at least 4 members (excludes halogenated alkanes) is 1. The van der Waals surface area contributed by atoms with E-state index in [1.165, 1.54) is 5.56 Å². The number of likely N-dealkylation sites (N-methyl/N-ethyl adjacent to an activating group) is 1. The number of aromatic nitrogens is 3. The van der Waals surface area contributed by atoms with Gasteiger partial charge >= 0.3 is 12.1 Å². The minimum Gasteiger partial charge on any atom is -0.376 e. The molecule has 0 saturated heterocycles. The molecule has 0 aliphatic heterocycles. The van der Waals surface area contributed by atoms with Crippen LogP contribution in [-0.2, 0) is 22.5 Å². The summed E-state index contributed by atoms with van der Waals surface area (Å²) in [6, 6.07) is 13.7. The number of para-hydroxylation sites is 2. The molecule has 2 N–H and O–H groups in total. The van der Waals surface area contributed by atoms with Gasteiger partial charge < -0.3 is 14.6 Å². The fourth-order valence-electron chi connectivity index (χ4n) is 6.15. The average Bonchev–Trinajstić information content (AvgIpc) is 3.59. The monoisotopic (exact) mass is 555 g/mol. The number of nitrogens with one attached hydrogen (secondary N) is 2. The van der Waals surface area contributed by atoms with Gasteiger partial charge in [-0.3, -0.25) is 15.1 Å². The Morgan fingerprint density at radius 3 is 2.71 bits per heavy atom. The summed E-state index contributed by atoms with van der Waals surface area (Å²) in [7, 11) is 2.08. The third-order valence-electron chi connectivity index (χ3n) is 8.37. The van der Waals surface area contributed by atoms with E-state index in [2.05, 4.69) is 41.1 Å². The highest BCUT2D eigenvalue weighted by Crippen LogP contribution is 2.35. The predicted molar refractivity (Wildman–Crippen MR) is 163 cm³/mol. The van der Waals surface area contributed by atoms with Crippen molar-refractivity contribution in [3.05, 3.63) is 65.6 Å². The molecule has 5 rings (SSSR count). The smallest absolute Gasteiger partial charge is 0.376 e. The molecule has 2 aromatic carbocycles. The number of hydrogen-bond acceptors (Lipinski definition) is 6. The number of hydrogen-bond donors (Lipinski definition) is 2. The maximum absolute atomic E-state index is 12.9. The van der Waals surface area contributed by atoms with Crippen LogP contribution in [-0.4, -0.2) is 45.5 Å².